The molecule has 0 bridgehead atoms. The molecule has 0 amide bonds. The summed E-state index contributed by atoms with van der Waals surface area (Å²) in [6, 6.07) is 0. The minimum Gasteiger partial charge on any atom is -0.338 e. The van der Waals surface area contributed by atoms with E-state index in [4.69, 9.17) is 0 Å². The molecule has 2 aliphatic rings. The van der Waals surface area contributed by atoms with Crippen LogP contribution >= 0.6 is 0 Å². The number of alkyl halides is 5. The monoisotopic (exact) mass is 387 g/mol. The molecular weight excluding hydrogens is 369 g/mol. The number of H-pyrrole nitrogens is 1. The van der Waals surface area contributed by atoms with Crippen LogP contribution in [-0.4, -0.2) is 47.5 Å². The van der Waals surface area contributed by atoms with Crippen molar-refractivity contribution in [1.82, 2.24) is 14.3 Å². The predicted molar refractivity (Wildman–Crippen MR) is 78.6 cm³/mol. The number of halogens is 5. The van der Waals surface area contributed by atoms with Gasteiger partial charge in [0.25, 0.3) is 0 Å². The quantitative estimate of drug-likeness (QED) is 0.808. The molecule has 11 heteroatoms. The summed E-state index contributed by atoms with van der Waals surface area (Å²) in [5, 5.41) is 0. The second-order valence-electron chi connectivity index (χ2n) is 6.79. The Morgan fingerprint density at radius 1 is 1.32 bits per heavy atom. The van der Waals surface area contributed by atoms with Gasteiger partial charge in [0.05, 0.1) is 11.9 Å². The molecule has 0 aromatic carbocycles. The number of aromatic nitrogens is 2. The Kier molecular flexibility index (Phi) is 4.59. The molecule has 1 atom stereocenters. The van der Waals surface area contributed by atoms with Crippen LogP contribution in [-0.2, 0) is 16.2 Å². The fraction of sp³-hybridized carbons (Fsp3) is 0.786. The maximum atomic E-state index is 12.9. The van der Waals surface area contributed by atoms with E-state index in [1.807, 2.05) is 0 Å². The fourth-order valence-electron chi connectivity index (χ4n) is 3.41. The van der Waals surface area contributed by atoms with Gasteiger partial charge in [0.1, 0.15) is 11.5 Å². The number of hydrogen-bond donors (Lipinski definition) is 1. The zero-order chi connectivity index (χ0) is 18.5. The third kappa shape index (κ3) is 4.13. The van der Waals surface area contributed by atoms with E-state index >= 15 is 0 Å². The van der Waals surface area contributed by atoms with Crippen molar-refractivity contribution < 1.29 is 30.4 Å². The Bertz CT molecular complexity index is 723. The molecule has 1 saturated heterocycles. The van der Waals surface area contributed by atoms with Gasteiger partial charge in [-0.15, -0.1) is 0 Å². The molecular formula is C14H18F5N3O2S. The SMILES string of the molecule is O=S(=O)(CC1CC(F)(F)C1)N1CCC[C@@H](c2ncc(C(F)(F)F)[nH]2)C1. The van der Waals surface area contributed by atoms with Crippen molar-refractivity contribution in [2.24, 2.45) is 5.92 Å². The highest BCUT2D eigenvalue weighted by molar-refractivity contribution is 7.89. The molecule has 0 spiro atoms. The van der Waals surface area contributed by atoms with E-state index in [9.17, 15) is 30.4 Å². The summed E-state index contributed by atoms with van der Waals surface area (Å²) in [5.74, 6) is -4.07. The molecule has 1 aromatic heterocycles. The number of rotatable bonds is 4. The highest BCUT2D eigenvalue weighted by atomic mass is 32.2. The Morgan fingerprint density at radius 3 is 2.56 bits per heavy atom. The maximum absolute atomic E-state index is 12.9. The van der Waals surface area contributed by atoms with E-state index < -0.39 is 52.5 Å². The van der Waals surface area contributed by atoms with Crippen molar-refractivity contribution in [3.63, 3.8) is 0 Å². The van der Waals surface area contributed by atoms with Crippen molar-refractivity contribution in [2.75, 3.05) is 18.8 Å². The minimum atomic E-state index is -4.54. The molecule has 0 unspecified atom stereocenters. The molecule has 1 saturated carbocycles. The smallest absolute Gasteiger partial charge is 0.338 e. The lowest BCUT2D eigenvalue weighted by atomic mass is 9.83. The zero-order valence-corrected chi connectivity index (χ0v) is 14.0. The zero-order valence-electron chi connectivity index (χ0n) is 13.2. The topological polar surface area (TPSA) is 66.1 Å². The molecule has 1 N–H and O–H groups in total. The van der Waals surface area contributed by atoms with Crippen LogP contribution in [0.2, 0.25) is 0 Å². The lowest BCUT2D eigenvalue weighted by Crippen LogP contribution is -2.45. The molecule has 1 aromatic rings. The van der Waals surface area contributed by atoms with E-state index in [0.717, 1.165) is 0 Å². The van der Waals surface area contributed by atoms with Crippen LogP contribution in [0.5, 0.6) is 0 Å². The number of nitrogens with zero attached hydrogens (tertiary/aromatic N) is 2. The van der Waals surface area contributed by atoms with Gasteiger partial charge in [-0.2, -0.15) is 13.2 Å². The van der Waals surface area contributed by atoms with Crippen LogP contribution in [0.25, 0.3) is 0 Å². The molecule has 3 rings (SSSR count). The van der Waals surface area contributed by atoms with Gasteiger partial charge in [0.2, 0.25) is 15.9 Å². The number of piperidine rings is 1. The van der Waals surface area contributed by atoms with Crippen LogP contribution in [0.3, 0.4) is 0 Å². The minimum absolute atomic E-state index is 0.0102. The lowest BCUT2D eigenvalue weighted by Gasteiger charge is -2.37. The third-order valence-electron chi connectivity index (χ3n) is 4.69. The number of aromatic amines is 1. The Balaban J connectivity index is 1.65. The molecule has 25 heavy (non-hydrogen) atoms. The van der Waals surface area contributed by atoms with E-state index in [1.54, 1.807) is 0 Å². The maximum Gasteiger partial charge on any atom is 0.432 e. The van der Waals surface area contributed by atoms with E-state index in [2.05, 4.69) is 9.97 Å². The first-order valence-electron chi connectivity index (χ1n) is 7.94. The van der Waals surface area contributed by atoms with Crippen LogP contribution in [0.1, 0.15) is 43.1 Å². The van der Waals surface area contributed by atoms with Crippen LogP contribution < -0.4 is 0 Å². The number of sulfonamides is 1. The van der Waals surface area contributed by atoms with Gasteiger partial charge in [-0.25, -0.2) is 26.5 Å². The lowest BCUT2D eigenvalue weighted by molar-refractivity contribution is -0.141. The fourth-order valence-corrected chi connectivity index (χ4v) is 5.27. The molecule has 0 radical (unpaired) electrons. The number of imidazole rings is 1. The summed E-state index contributed by atoms with van der Waals surface area (Å²) in [7, 11) is -3.72. The van der Waals surface area contributed by atoms with Gasteiger partial charge in [-0.1, -0.05) is 0 Å². The third-order valence-corrected chi connectivity index (χ3v) is 6.70. The van der Waals surface area contributed by atoms with Gasteiger partial charge in [-0.3, -0.25) is 0 Å². The second kappa shape index (κ2) is 6.19. The van der Waals surface area contributed by atoms with E-state index in [1.165, 1.54) is 4.31 Å². The van der Waals surface area contributed by atoms with Crippen LogP contribution in [0.15, 0.2) is 6.20 Å². The van der Waals surface area contributed by atoms with Gasteiger partial charge in [-0.05, 0) is 18.8 Å². The predicted octanol–water partition coefficient (Wildman–Crippen LogP) is 2.98. The Morgan fingerprint density at radius 2 is 2.00 bits per heavy atom. The molecule has 1 aliphatic heterocycles. The van der Waals surface area contributed by atoms with Crippen molar-refractivity contribution >= 4 is 10.0 Å². The standard InChI is InChI=1S/C14H18F5N3O2S/c15-13(16)4-9(5-13)8-25(23,24)22-3-1-2-10(7-22)12-20-6-11(21-12)14(17,18)19/h6,9-10H,1-5,7-8H2,(H,20,21)/t10-/m1/s1. The van der Waals surface area contributed by atoms with Gasteiger partial charge in [0.15, 0.2) is 0 Å². The number of nitrogens with one attached hydrogen (secondary N) is 1. The van der Waals surface area contributed by atoms with E-state index in [-0.39, 0.29) is 24.7 Å². The summed E-state index contributed by atoms with van der Waals surface area (Å²) in [4.78, 5) is 5.95. The first kappa shape index (κ1) is 18.6. The first-order valence-corrected chi connectivity index (χ1v) is 9.55. The average Bonchev–Trinajstić information content (AvgIpc) is 2.95. The molecule has 2 heterocycles. The van der Waals surface area contributed by atoms with Crippen molar-refractivity contribution in [3.05, 3.63) is 17.7 Å². The summed E-state index contributed by atoms with van der Waals surface area (Å²) >= 11 is 0. The summed E-state index contributed by atoms with van der Waals surface area (Å²) in [6.45, 7) is 0.255. The van der Waals surface area contributed by atoms with Gasteiger partial charge in [0, 0.05) is 31.8 Å². The van der Waals surface area contributed by atoms with E-state index in [0.29, 0.717) is 19.0 Å². The summed E-state index contributed by atoms with van der Waals surface area (Å²) in [6.07, 6.45) is -3.72. The first-order chi connectivity index (χ1) is 11.5. The average molecular weight is 387 g/mol. The normalized spacial score (nSPS) is 25.7. The largest absolute Gasteiger partial charge is 0.432 e. The summed E-state index contributed by atoms with van der Waals surface area (Å²) in [5.41, 5.74) is -0.973. The van der Waals surface area contributed by atoms with Gasteiger partial charge < -0.3 is 4.98 Å². The van der Waals surface area contributed by atoms with Gasteiger partial charge >= 0.3 is 6.18 Å². The second-order valence-corrected chi connectivity index (χ2v) is 8.80. The molecule has 5 nitrogen and oxygen atoms in total. The Labute approximate surface area is 141 Å². The highest BCUT2D eigenvalue weighted by Gasteiger charge is 2.47. The number of hydrogen-bond acceptors (Lipinski definition) is 3. The summed E-state index contributed by atoms with van der Waals surface area (Å²) < 4.78 is 89.7. The van der Waals surface area contributed by atoms with Crippen molar-refractivity contribution in [3.8, 4) is 0 Å². The Hall–Kier alpha value is -1.23. The van der Waals surface area contributed by atoms with Crippen molar-refractivity contribution in [2.45, 2.75) is 43.7 Å². The van der Waals surface area contributed by atoms with Crippen molar-refractivity contribution in [1.29, 1.82) is 0 Å². The molecule has 142 valence electrons. The van der Waals surface area contributed by atoms with Crippen LogP contribution in [0, 0.1) is 5.92 Å². The highest BCUT2D eigenvalue weighted by Crippen LogP contribution is 2.43. The molecule has 2 fully saturated rings. The van der Waals surface area contributed by atoms with Crippen LogP contribution in [0.4, 0.5) is 22.0 Å². The molecule has 1 aliphatic carbocycles.